The third-order valence-corrected chi connectivity index (χ3v) is 6.70. The van der Waals surface area contributed by atoms with Gasteiger partial charge in [0.25, 0.3) is 0 Å². The maximum atomic E-state index is 6.36. The predicted octanol–water partition coefficient (Wildman–Crippen LogP) is 8.63. The first-order valence-electron chi connectivity index (χ1n) is 11.4. The number of aryl methyl sites for hydroxylation is 2. The zero-order valence-corrected chi connectivity index (χ0v) is 21.6. The van der Waals surface area contributed by atoms with Gasteiger partial charge < -0.3 is 13.8 Å². The SMILES string of the molecule is Cc1cccc2oc3cc4oc5cccc(C)c5c4c(-c4ccnc(-c5[c-]cccc5)c4)c3c12.[Ir]. The van der Waals surface area contributed by atoms with Crippen LogP contribution in [0.15, 0.2) is 93.9 Å². The summed E-state index contributed by atoms with van der Waals surface area (Å²) in [6, 6.07) is 29.9. The van der Waals surface area contributed by atoms with E-state index >= 15 is 0 Å². The van der Waals surface area contributed by atoms with E-state index in [0.29, 0.717) is 0 Å². The second-order valence-corrected chi connectivity index (χ2v) is 8.80. The van der Waals surface area contributed by atoms with Crippen molar-refractivity contribution in [3.05, 3.63) is 102 Å². The molecule has 0 N–H and O–H groups in total. The minimum atomic E-state index is 0. The Morgan fingerprint density at radius 2 is 1.31 bits per heavy atom. The van der Waals surface area contributed by atoms with Crippen LogP contribution in [0.25, 0.3) is 66.3 Å². The molecule has 7 rings (SSSR count). The molecule has 4 aromatic carbocycles. The van der Waals surface area contributed by atoms with Crippen LogP contribution < -0.4 is 0 Å². The van der Waals surface area contributed by atoms with Crippen LogP contribution >= 0.6 is 0 Å². The maximum Gasteiger partial charge on any atom is 0.139 e. The Morgan fingerprint density at radius 3 is 1.91 bits per heavy atom. The minimum Gasteiger partial charge on any atom is -0.456 e. The molecule has 0 amide bonds. The predicted molar refractivity (Wildman–Crippen MR) is 138 cm³/mol. The summed E-state index contributed by atoms with van der Waals surface area (Å²) in [7, 11) is 0. The van der Waals surface area contributed by atoms with Crippen molar-refractivity contribution in [2.45, 2.75) is 13.8 Å². The summed E-state index contributed by atoms with van der Waals surface area (Å²) in [5.41, 5.74) is 9.85. The molecule has 35 heavy (non-hydrogen) atoms. The van der Waals surface area contributed by atoms with Crippen molar-refractivity contribution >= 4 is 43.9 Å². The van der Waals surface area contributed by atoms with Crippen LogP contribution in [0.2, 0.25) is 0 Å². The fourth-order valence-electron chi connectivity index (χ4n) is 5.20. The zero-order chi connectivity index (χ0) is 22.8. The molecule has 0 spiro atoms. The first kappa shape index (κ1) is 21.8. The number of aromatic nitrogens is 1. The number of rotatable bonds is 2. The molecule has 0 saturated carbocycles. The van der Waals surface area contributed by atoms with Crippen molar-refractivity contribution < 1.29 is 28.9 Å². The Hall–Kier alpha value is -3.72. The van der Waals surface area contributed by atoms with Crippen LogP contribution in [-0.4, -0.2) is 4.98 Å². The number of furan rings is 2. The molecule has 0 saturated heterocycles. The molecule has 7 aromatic rings. The molecular formula is C31H20IrNO2-. The second-order valence-electron chi connectivity index (χ2n) is 8.80. The molecule has 3 heterocycles. The monoisotopic (exact) mass is 631 g/mol. The van der Waals surface area contributed by atoms with Crippen molar-refractivity contribution in [1.29, 1.82) is 0 Å². The van der Waals surface area contributed by atoms with Crippen molar-refractivity contribution in [3.8, 4) is 22.4 Å². The van der Waals surface area contributed by atoms with E-state index in [4.69, 9.17) is 8.83 Å². The molecule has 0 bridgehead atoms. The Bertz CT molecular complexity index is 1790. The minimum absolute atomic E-state index is 0. The van der Waals surface area contributed by atoms with Gasteiger partial charge in [0.15, 0.2) is 0 Å². The van der Waals surface area contributed by atoms with E-state index in [1.165, 1.54) is 11.1 Å². The summed E-state index contributed by atoms with van der Waals surface area (Å²) in [6.45, 7) is 4.28. The van der Waals surface area contributed by atoms with Crippen LogP contribution in [0.3, 0.4) is 0 Å². The number of nitrogens with zero attached hydrogens (tertiary/aromatic N) is 1. The summed E-state index contributed by atoms with van der Waals surface area (Å²) < 4.78 is 12.7. The molecule has 1 radical (unpaired) electrons. The van der Waals surface area contributed by atoms with Crippen molar-refractivity contribution in [2.24, 2.45) is 0 Å². The number of benzene rings is 4. The van der Waals surface area contributed by atoms with Crippen molar-refractivity contribution in [3.63, 3.8) is 0 Å². The van der Waals surface area contributed by atoms with E-state index in [1.807, 2.05) is 60.8 Å². The standard InChI is InChI=1S/C31H20NO2.Ir/c1-18-8-6-12-23-27(18)30-25(33-23)17-26-31(28-19(2)9-7-13-24(28)34-26)29(30)21-14-15-32-22(16-21)20-10-4-3-5-11-20;/h3-10,12-17H,1-2H3;/q-1;. The Kier molecular flexibility index (Phi) is 5.10. The van der Waals surface area contributed by atoms with E-state index in [1.54, 1.807) is 0 Å². The summed E-state index contributed by atoms with van der Waals surface area (Å²) >= 11 is 0. The number of hydrogen-bond acceptors (Lipinski definition) is 3. The van der Waals surface area contributed by atoms with Gasteiger partial charge in [-0.05, 0) is 54.4 Å². The first-order chi connectivity index (χ1) is 16.7. The van der Waals surface area contributed by atoms with Gasteiger partial charge in [-0.1, -0.05) is 30.3 Å². The molecule has 0 aliphatic heterocycles. The van der Waals surface area contributed by atoms with Crippen molar-refractivity contribution in [1.82, 2.24) is 4.98 Å². The van der Waals surface area contributed by atoms with Crippen LogP contribution in [0.5, 0.6) is 0 Å². The van der Waals surface area contributed by atoms with E-state index < -0.39 is 0 Å². The first-order valence-corrected chi connectivity index (χ1v) is 11.4. The quantitative estimate of drug-likeness (QED) is 0.180. The second kappa shape index (κ2) is 8.20. The van der Waals surface area contributed by atoms with Crippen LogP contribution in [0.4, 0.5) is 0 Å². The normalized spacial score (nSPS) is 11.5. The van der Waals surface area contributed by atoms with Gasteiger partial charge in [0.2, 0.25) is 0 Å². The van der Waals surface area contributed by atoms with Gasteiger partial charge in [0.05, 0.1) is 0 Å². The van der Waals surface area contributed by atoms with Crippen LogP contribution in [0, 0.1) is 19.9 Å². The summed E-state index contributed by atoms with van der Waals surface area (Å²) in [5.74, 6) is 0. The molecule has 0 fully saturated rings. The average molecular weight is 631 g/mol. The van der Waals surface area contributed by atoms with Gasteiger partial charge >= 0.3 is 0 Å². The Labute approximate surface area is 215 Å². The molecular weight excluding hydrogens is 611 g/mol. The molecule has 0 atom stereocenters. The van der Waals surface area contributed by atoms with Crippen LogP contribution in [-0.2, 0) is 20.1 Å². The van der Waals surface area contributed by atoms with Gasteiger partial charge in [-0.3, -0.25) is 0 Å². The largest absolute Gasteiger partial charge is 0.456 e. The maximum absolute atomic E-state index is 6.36. The van der Waals surface area contributed by atoms with E-state index in [0.717, 1.165) is 66.3 Å². The molecule has 0 aliphatic rings. The topological polar surface area (TPSA) is 39.2 Å². The van der Waals surface area contributed by atoms with Gasteiger partial charge in [-0.15, -0.1) is 35.9 Å². The summed E-state index contributed by atoms with van der Waals surface area (Å²) in [4.78, 5) is 4.65. The van der Waals surface area contributed by atoms with E-state index in [2.05, 4.69) is 49.2 Å². The number of pyridine rings is 1. The average Bonchev–Trinajstić information content (AvgIpc) is 3.42. The Morgan fingerprint density at radius 1 is 0.657 bits per heavy atom. The van der Waals surface area contributed by atoms with Gasteiger partial charge in [-0.25, -0.2) is 0 Å². The number of hydrogen-bond donors (Lipinski definition) is 0. The van der Waals surface area contributed by atoms with Crippen LogP contribution in [0.1, 0.15) is 11.1 Å². The van der Waals surface area contributed by atoms with Gasteiger partial charge in [0.1, 0.15) is 22.3 Å². The van der Waals surface area contributed by atoms with Gasteiger partial charge in [-0.2, -0.15) is 0 Å². The van der Waals surface area contributed by atoms with E-state index in [9.17, 15) is 0 Å². The third kappa shape index (κ3) is 3.25. The van der Waals surface area contributed by atoms with E-state index in [-0.39, 0.29) is 20.1 Å². The smallest absolute Gasteiger partial charge is 0.139 e. The molecule has 3 nitrogen and oxygen atoms in total. The molecule has 0 aliphatic carbocycles. The van der Waals surface area contributed by atoms with Crippen molar-refractivity contribution in [2.75, 3.05) is 0 Å². The fourth-order valence-corrected chi connectivity index (χ4v) is 5.20. The molecule has 3 aromatic heterocycles. The van der Waals surface area contributed by atoms with Gasteiger partial charge in [0, 0.05) is 59.5 Å². The molecule has 171 valence electrons. The third-order valence-electron chi connectivity index (χ3n) is 6.70. The summed E-state index contributed by atoms with van der Waals surface area (Å²) in [6.07, 6.45) is 1.88. The summed E-state index contributed by atoms with van der Waals surface area (Å²) in [5, 5.41) is 4.51. The number of fused-ring (bicyclic) bond motifs is 6. The fraction of sp³-hybridized carbons (Fsp3) is 0.0645. The Balaban J connectivity index is 0.00000229. The molecule has 4 heteroatoms. The molecule has 0 unspecified atom stereocenters. The zero-order valence-electron chi connectivity index (χ0n) is 19.2.